The zero-order valence-corrected chi connectivity index (χ0v) is 16.0. The van der Waals surface area contributed by atoms with E-state index >= 15 is 0 Å². The number of aliphatic carboxylic acids is 2. The molecule has 12 heteroatoms. The first-order valence-corrected chi connectivity index (χ1v) is 9.98. The lowest BCUT2D eigenvalue weighted by Crippen LogP contribution is -2.58. The number of amides is 1. The molecule has 2 aliphatic carbocycles. The summed E-state index contributed by atoms with van der Waals surface area (Å²) in [5.41, 5.74) is 0. The standard InChI is InChI=1S/C15H19N3O3S.C2HF3O2/c19-13(10-5-12(6-10)17-2-1-16-9-17)18-3-4-22-15(18)7-11(8-15)14(20)21;3-2(4,5)1(6)7/h1-2,9-12H,3-8H2,(H,20,21);(H,6,7). The van der Waals surface area contributed by atoms with Crippen LogP contribution in [0.15, 0.2) is 18.7 Å². The molecule has 1 amide bonds. The van der Waals surface area contributed by atoms with Crippen LogP contribution in [0.3, 0.4) is 0 Å². The van der Waals surface area contributed by atoms with Crippen LogP contribution in [0.2, 0.25) is 0 Å². The Balaban J connectivity index is 0.000000298. The van der Waals surface area contributed by atoms with Crippen molar-refractivity contribution in [1.82, 2.24) is 14.5 Å². The molecule has 1 aromatic rings. The second-order valence-electron chi connectivity index (χ2n) is 7.36. The van der Waals surface area contributed by atoms with Gasteiger partial charge in [0.05, 0.1) is 17.1 Å². The van der Waals surface area contributed by atoms with Crippen LogP contribution in [0.1, 0.15) is 31.7 Å². The number of carboxylic acids is 2. The summed E-state index contributed by atoms with van der Waals surface area (Å²) in [5, 5.41) is 16.2. The van der Waals surface area contributed by atoms with Gasteiger partial charge >= 0.3 is 18.1 Å². The first-order chi connectivity index (χ1) is 13.5. The maximum Gasteiger partial charge on any atom is 0.490 e. The van der Waals surface area contributed by atoms with E-state index in [0.717, 1.165) is 25.1 Å². The van der Waals surface area contributed by atoms with Gasteiger partial charge in [-0.05, 0) is 25.7 Å². The van der Waals surface area contributed by atoms with Gasteiger partial charge in [-0.2, -0.15) is 13.2 Å². The molecule has 0 radical (unpaired) electrons. The highest BCUT2D eigenvalue weighted by Gasteiger charge is 2.57. The minimum Gasteiger partial charge on any atom is -0.481 e. The lowest BCUT2D eigenvalue weighted by molar-refractivity contribution is -0.192. The monoisotopic (exact) mass is 435 g/mol. The molecule has 4 rings (SSSR count). The number of hydrogen-bond donors (Lipinski definition) is 2. The number of thioether (sulfide) groups is 1. The highest BCUT2D eigenvalue weighted by molar-refractivity contribution is 8.00. The van der Waals surface area contributed by atoms with E-state index in [4.69, 9.17) is 15.0 Å². The topological polar surface area (TPSA) is 113 Å². The van der Waals surface area contributed by atoms with Gasteiger partial charge in [0.25, 0.3) is 0 Å². The number of carbonyl (C=O) groups excluding carboxylic acids is 1. The van der Waals surface area contributed by atoms with Crippen molar-refractivity contribution in [2.24, 2.45) is 11.8 Å². The summed E-state index contributed by atoms with van der Waals surface area (Å²) in [6, 6.07) is 0.385. The molecule has 0 aromatic carbocycles. The van der Waals surface area contributed by atoms with Gasteiger partial charge < -0.3 is 19.7 Å². The SMILES string of the molecule is O=C(O)C(F)(F)F.O=C(O)C1CC2(C1)SCCN2C(=O)C1CC(n2ccnc2)C1. The average Bonchev–Trinajstić information content (AvgIpc) is 3.20. The van der Waals surface area contributed by atoms with Crippen LogP contribution in [0.4, 0.5) is 13.2 Å². The molecule has 29 heavy (non-hydrogen) atoms. The van der Waals surface area contributed by atoms with Crippen molar-refractivity contribution in [2.75, 3.05) is 12.3 Å². The lowest BCUT2D eigenvalue weighted by Gasteiger charge is -2.50. The molecule has 0 unspecified atom stereocenters. The second-order valence-corrected chi connectivity index (χ2v) is 8.82. The molecule has 2 saturated carbocycles. The van der Waals surface area contributed by atoms with Gasteiger partial charge in [-0.3, -0.25) is 9.59 Å². The molecule has 8 nitrogen and oxygen atoms in total. The van der Waals surface area contributed by atoms with E-state index in [-0.39, 0.29) is 22.6 Å². The average molecular weight is 435 g/mol. The van der Waals surface area contributed by atoms with Crippen molar-refractivity contribution < 1.29 is 37.8 Å². The minimum atomic E-state index is -5.08. The van der Waals surface area contributed by atoms with Gasteiger partial charge in [0.1, 0.15) is 0 Å². The predicted octanol–water partition coefficient (Wildman–Crippen LogP) is 2.23. The number of nitrogens with zero attached hydrogens (tertiary/aromatic N) is 3. The molecule has 2 N–H and O–H groups in total. The van der Waals surface area contributed by atoms with Gasteiger partial charge in [0, 0.05) is 36.7 Å². The molecular weight excluding hydrogens is 415 g/mol. The smallest absolute Gasteiger partial charge is 0.481 e. The van der Waals surface area contributed by atoms with Crippen molar-refractivity contribution in [3.8, 4) is 0 Å². The lowest BCUT2D eigenvalue weighted by atomic mass is 9.75. The third kappa shape index (κ3) is 4.36. The molecule has 1 aromatic heterocycles. The molecule has 1 spiro atoms. The van der Waals surface area contributed by atoms with E-state index < -0.39 is 18.1 Å². The van der Waals surface area contributed by atoms with E-state index in [9.17, 15) is 22.8 Å². The number of hydrogen-bond acceptors (Lipinski definition) is 5. The van der Waals surface area contributed by atoms with Gasteiger partial charge in [-0.25, -0.2) is 9.78 Å². The van der Waals surface area contributed by atoms with Crippen molar-refractivity contribution in [2.45, 2.75) is 42.8 Å². The van der Waals surface area contributed by atoms with Crippen LogP contribution < -0.4 is 0 Å². The Labute approximate surface area is 168 Å². The Bertz CT molecular complexity index is 774. The summed E-state index contributed by atoms with van der Waals surface area (Å²) in [6.07, 6.45) is 3.39. The number of halogens is 3. The Hall–Kier alpha value is -2.24. The Morgan fingerprint density at radius 2 is 1.76 bits per heavy atom. The van der Waals surface area contributed by atoms with Crippen LogP contribution in [0, 0.1) is 11.8 Å². The number of aromatic nitrogens is 2. The van der Waals surface area contributed by atoms with E-state index in [1.807, 2.05) is 17.4 Å². The van der Waals surface area contributed by atoms with Gasteiger partial charge in [0.2, 0.25) is 5.91 Å². The first kappa shape index (κ1) is 21.5. The minimum absolute atomic E-state index is 0.0897. The maximum atomic E-state index is 12.8. The quantitative estimate of drug-likeness (QED) is 0.749. The third-order valence-corrected chi connectivity index (χ3v) is 7.05. The summed E-state index contributed by atoms with van der Waals surface area (Å²) in [4.78, 5) is 38.5. The molecule has 160 valence electrons. The molecular formula is C17H20F3N3O5S. The summed E-state index contributed by atoms with van der Waals surface area (Å²) in [6.45, 7) is 0.766. The molecule has 1 saturated heterocycles. The van der Waals surface area contributed by atoms with Gasteiger partial charge in [-0.1, -0.05) is 0 Å². The fourth-order valence-electron chi connectivity index (χ4n) is 3.88. The number of alkyl halides is 3. The molecule has 0 atom stereocenters. The van der Waals surface area contributed by atoms with Crippen molar-refractivity contribution in [3.63, 3.8) is 0 Å². The predicted molar refractivity (Wildman–Crippen MR) is 94.9 cm³/mol. The van der Waals surface area contributed by atoms with Crippen molar-refractivity contribution in [3.05, 3.63) is 18.7 Å². The van der Waals surface area contributed by atoms with Gasteiger partial charge in [0.15, 0.2) is 0 Å². The fraction of sp³-hybridized carbons (Fsp3) is 0.647. The summed E-state index contributed by atoms with van der Waals surface area (Å²) < 4.78 is 33.8. The summed E-state index contributed by atoms with van der Waals surface area (Å²) in [7, 11) is 0. The molecule has 1 aliphatic heterocycles. The normalized spacial score (nSPS) is 30.7. The third-order valence-electron chi connectivity index (χ3n) is 5.57. The highest BCUT2D eigenvalue weighted by atomic mass is 32.2. The van der Waals surface area contributed by atoms with Crippen molar-refractivity contribution >= 4 is 29.6 Å². The second kappa shape index (κ2) is 7.88. The van der Waals surface area contributed by atoms with E-state index in [0.29, 0.717) is 18.9 Å². The number of rotatable bonds is 3. The molecule has 3 fully saturated rings. The van der Waals surface area contributed by atoms with E-state index in [2.05, 4.69) is 9.55 Å². The maximum absolute atomic E-state index is 12.8. The van der Waals surface area contributed by atoms with Crippen LogP contribution in [-0.4, -0.2) is 65.9 Å². The van der Waals surface area contributed by atoms with Crippen LogP contribution in [-0.2, 0) is 14.4 Å². The zero-order valence-electron chi connectivity index (χ0n) is 15.2. The van der Waals surface area contributed by atoms with Crippen LogP contribution in [0.5, 0.6) is 0 Å². The molecule has 2 heterocycles. The Kier molecular flexibility index (Phi) is 5.84. The van der Waals surface area contributed by atoms with E-state index in [1.165, 1.54) is 0 Å². The Morgan fingerprint density at radius 1 is 1.14 bits per heavy atom. The number of carbonyl (C=O) groups is 3. The first-order valence-electron chi connectivity index (χ1n) is 8.99. The fourth-order valence-corrected chi connectivity index (χ4v) is 5.51. The largest absolute Gasteiger partial charge is 0.490 e. The highest BCUT2D eigenvalue weighted by Crippen LogP contribution is 2.55. The van der Waals surface area contributed by atoms with Crippen LogP contribution >= 0.6 is 11.8 Å². The zero-order chi connectivity index (χ0) is 21.4. The number of carboxylic acid groups (broad SMARTS) is 2. The number of imidazole rings is 1. The van der Waals surface area contributed by atoms with Crippen molar-refractivity contribution in [1.29, 1.82) is 0 Å². The molecule has 3 aliphatic rings. The van der Waals surface area contributed by atoms with Gasteiger partial charge in [-0.15, -0.1) is 11.8 Å². The summed E-state index contributed by atoms with van der Waals surface area (Å²) >= 11 is 1.77. The summed E-state index contributed by atoms with van der Waals surface area (Å²) in [5.74, 6) is -2.52. The van der Waals surface area contributed by atoms with Crippen LogP contribution in [0.25, 0.3) is 0 Å². The Morgan fingerprint density at radius 3 is 2.24 bits per heavy atom. The van der Waals surface area contributed by atoms with E-state index in [1.54, 1.807) is 18.0 Å². The molecule has 0 bridgehead atoms.